The number of aromatic nitrogens is 2. The van der Waals surface area contributed by atoms with Crippen molar-refractivity contribution >= 4 is 6.29 Å². The summed E-state index contributed by atoms with van der Waals surface area (Å²) >= 11 is 0. The molecule has 2 aromatic rings. The van der Waals surface area contributed by atoms with Crippen LogP contribution < -0.4 is 0 Å². The molecule has 2 rings (SSSR count). The first-order valence-electron chi connectivity index (χ1n) is 4.37. The maximum atomic E-state index is 10.7. The third-order valence-electron chi connectivity index (χ3n) is 2.16. The molecule has 0 radical (unpaired) electrons. The fourth-order valence-corrected chi connectivity index (χ4v) is 1.32. The van der Waals surface area contributed by atoms with Crippen LogP contribution in [0.4, 0.5) is 0 Å². The zero-order valence-electron chi connectivity index (χ0n) is 7.84. The van der Waals surface area contributed by atoms with E-state index in [-0.39, 0.29) is 0 Å². The lowest BCUT2D eigenvalue weighted by Crippen LogP contribution is -1.96. The van der Waals surface area contributed by atoms with E-state index in [1.807, 2.05) is 37.4 Å². The molecule has 14 heavy (non-hydrogen) atoms. The Hall–Kier alpha value is -1.90. The predicted molar refractivity (Wildman–Crippen MR) is 53.7 cm³/mol. The number of aryl methyl sites for hydroxylation is 1. The van der Waals surface area contributed by atoms with E-state index in [2.05, 4.69) is 5.10 Å². The monoisotopic (exact) mass is 186 g/mol. The van der Waals surface area contributed by atoms with Gasteiger partial charge in [0.05, 0.1) is 5.69 Å². The van der Waals surface area contributed by atoms with Crippen LogP contribution in [0.1, 0.15) is 15.9 Å². The zero-order valence-corrected chi connectivity index (χ0v) is 7.84. The Bertz CT molecular complexity index is 446. The highest BCUT2D eigenvalue weighted by Crippen LogP contribution is 2.12. The minimum Gasteiger partial charge on any atom is -0.298 e. The van der Waals surface area contributed by atoms with Gasteiger partial charge >= 0.3 is 0 Å². The molecule has 0 aliphatic heterocycles. The minimum atomic E-state index is 0.706. The second-order valence-electron chi connectivity index (χ2n) is 3.11. The summed E-state index contributed by atoms with van der Waals surface area (Å²) in [6.45, 7) is 1.91. The average Bonchev–Trinajstić information content (AvgIpc) is 2.71. The summed E-state index contributed by atoms with van der Waals surface area (Å²) in [7, 11) is 0. The number of nitrogens with zero attached hydrogens (tertiary/aromatic N) is 2. The Morgan fingerprint density at radius 3 is 2.93 bits per heavy atom. The number of carbonyl (C=O) groups excluding carboxylic acids is 1. The third kappa shape index (κ3) is 1.44. The maximum absolute atomic E-state index is 10.7. The number of hydrogen-bond donors (Lipinski definition) is 0. The molecule has 0 bridgehead atoms. The Balaban J connectivity index is 2.51. The van der Waals surface area contributed by atoms with Gasteiger partial charge < -0.3 is 0 Å². The Labute approximate surface area is 82.0 Å². The fourth-order valence-electron chi connectivity index (χ4n) is 1.32. The summed E-state index contributed by atoms with van der Waals surface area (Å²) in [4.78, 5) is 10.7. The standard InChI is InChI=1S/C11H10N2O/c1-9-3-4-11(7-10(9)8-14)13-6-2-5-12-13/h2-8H,1H3. The molecular weight excluding hydrogens is 176 g/mol. The van der Waals surface area contributed by atoms with Crippen LogP contribution in [0.3, 0.4) is 0 Å². The van der Waals surface area contributed by atoms with Gasteiger partial charge in [0.1, 0.15) is 6.29 Å². The van der Waals surface area contributed by atoms with Crippen molar-refractivity contribution in [3.8, 4) is 5.69 Å². The molecule has 0 atom stereocenters. The van der Waals surface area contributed by atoms with Crippen LogP contribution in [-0.2, 0) is 0 Å². The Kier molecular flexibility index (Phi) is 2.14. The number of aldehydes is 1. The predicted octanol–water partition coefficient (Wildman–Crippen LogP) is 1.99. The lowest BCUT2D eigenvalue weighted by Gasteiger charge is -2.03. The molecule has 1 aromatic carbocycles. The van der Waals surface area contributed by atoms with Crippen molar-refractivity contribution < 1.29 is 4.79 Å². The van der Waals surface area contributed by atoms with Crippen LogP contribution >= 0.6 is 0 Å². The zero-order chi connectivity index (χ0) is 9.97. The topological polar surface area (TPSA) is 34.9 Å². The molecule has 0 N–H and O–H groups in total. The highest BCUT2D eigenvalue weighted by molar-refractivity contribution is 5.78. The van der Waals surface area contributed by atoms with Crippen LogP contribution in [0.15, 0.2) is 36.7 Å². The van der Waals surface area contributed by atoms with E-state index in [4.69, 9.17) is 0 Å². The highest BCUT2D eigenvalue weighted by Gasteiger charge is 2.00. The summed E-state index contributed by atoms with van der Waals surface area (Å²) in [5, 5.41) is 4.09. The van der Waals surface area contributed by atoms with Crippen molar-refractivity contribution in [1.82, 2.24) is 9.78 Å². The summed E-state index contributed by atoms with van der Waals surface area (Å²) < 4.78 is 1.73. The van der Waals surface area contributed by atoms with E-state index in [1.54, 1.807) is 10.9 Å². The van der Waals surface area contributed by atoms with Crippen molar-refractivity contribution in [3.63, 3.8) is 0 Å². The van der Waals surface area contributed by atoms with E-state index in [0.29, 0.717) is 5.56 Å². The molecule has 70 valence electrons. The van der Waals surface area contributed by atoms with Crippen molar-refractivity contribution in [3.05, 3.63) is 47.8 Å². The van der Waals surface area contributed by atoms with Gasteiger partial charge in [0.25, 0.3) is 0 Å². The first-order chi connectivity index (χ1) is 6.81. The second kappa shape index (κ2) is 3.46. The molecule has 1 heterocycles. The molecule has 0 saturated heterocycles. The van der Waals surface area contributed by atoms with Crippen molar-refractivity contribution in [2.24, 2.45) is 0 Å². The number of carbonyl (C=O) groups is 1. The average molecular weight is 186 g/mol. The summed E-state index contributed by atoms with van der Waals surface area (Å²) in [5.74, 6) is 0. The van der Waals surface area contributed by atoms with E-state index < -0.39 is 0 Å². The largest absolute Gasteiger partial charge is 0.298 e. The molecule has 3 heteroatoms. The third-order valence-corrected chi connectivity index (χ3v) is 2.16. The maximum Gasteiger partial charge on any atom is 0.150 e. The summed E-state index contributed by atoms with van der Waals surface area (Å²) in [5.41, 5.74) is 2.59. The quantitative estimate of drug-likeness (QED) is 0.672. The van der Waals surface area contributed by atoms with Gasteiger partial charge in [-0.2, -0.15) is 5.10 Å². The Morgan fingerprint density at radius 1 is 1.43 bits per heavy atom. The SMILES string of the molecule is Cc1ccc(-n2cccn2)cc1C=O. The Morgan fingerprint density at radius 2 is 2.29 bits per heavy atom. The highest BCUT2D eigenvalue weighted by atomic mass is 16.1. The molecular formula is C11H10N2O. The van der Waals surface area contributed by atoms with Crippen LogP contribution in [-0.4, -0.2) is 16.1 Å². The lowest BCUT2D eigenvalue weighted by atomic mass is 10.1. The summed E-state index contributed by atoms with van der Waals surface area (Å²) in [6.07, 6.45) is 4.42. The van der Waals surface area contributed by atoms with Crippen LogP contribution in [0.25, 0.3) is 5.69 Å². The van der Waals surface area contributed by atoms with E-state index >= 15 is 0 Å². The molecule has 0 aliphatic rings. The van der Waals surface area contributed by atoms with E-state index in [0.717, 1.165) is 17.5 Å². The lowest BCUT2D eigenvalue weighted by molar-refractivity contribution is 0.112. The van der Waals surface area contributed by atoms with E-state index in [9.17, 15) is 4.79 Å². The normalized spacial score (nSPS) is 10.1. The van der Waals surface area contributed by atoms with Gasteiger partial charge in [-0.15, -0.1) is 0 Å². The van der Waals surface area contributed by atoms with E-state index in [1.165, 1.54) is 0 Å². The van der Waals surface area contributed by atoms with Gasteiger partial charge in [-0.25, -0.2) is 4.68 Å². The number of hydrogen-bond acceptors (Lipinski definition) is 2. The van der Waals surface area contributed by atoms with Crippen molar-refractivity contribution in [2.45, 2.75) is 6.92 Å². The molecule has 0 fully saturated rings. The number of benzene rings is 1. The molecule has 1 aromatic heterocycles. The first-order valence-corrected chi connectivity index (χ1v) is 4.37. The van der Waals surface area contributed by atoms with Crippen LogP contribution in [0, 0.1) is 6.92 Å². The van der Waals surface area contributed by atoms with Gasteiger partial charge in [0.15, 0.2) is 0 Å². The minimum absolute atomic E-state index is 0.706. The van der Waals surface area contributed by atoms with Gasteiger partial charge in [0.2, 0.25) is 0 Å². The van der Waals surface area contributed by atoms with Gasteiger partial charge in [-0.1, -0.05) is 6.07 Å². The fraction of sp³-hybridized carbons (Fsp3) is 0.0909. The van der Waals surface area contributed by atoms with Crippen molar-refractivity contribution in [1.29, 1.82) is 0 Å². The van der Waals surface area contributed by atoms with Crippen molar-refractivity contribution in [2.75, 3.05) is 0 Å². The van der Waals surface area contributed by atoms with Gasteiger partial charge in [0, 0.05) is 18.0 Å². The van der Waals surface area contributed by atoms with Crippen LogP contribution in [0.2, 0.25) is 0 Å². The molecule has 0 saturated carbocycles. The molecule has 3 nitrogen and oxygen atoms in total. The van der Waals surface area contributed by atoms with Gasteiger partial charge in [-0.05, 0) is 30.7 Å². The second-order valence-corrected chi connectivity index (χ2v) is 3.11. The summed E-state index contributed by atoms with van der Waals surface area (Å²) in [6, 6.07) is 7.53. The molecule has 0 spiro atoms. The van der Waals surface area contributed by atoms with Crippen LogP contribution in [0.5, 0.6) is 0 Å². The molecule has 0 aliphatic carbocycles. The molecule has 0 amide bonds. The first kappa shape index (κ1) is 8.69. The number of rotatable bonds is 2. The smallest absolute Gasteiger partial charge is 0.150 e. The molecule has 0 unspecified atom stereocenters. The van der Waals surface area contributed by atoms with Gasteiger partial charge in [-0.3, -0.25) is 4.79 Å².